The van der Waals surface area contributed by atoms with E-state index in [2.05, 4.69) is 5.32 Å². The molecule has 108 valence electrons. The zero-order valence-corrected chi connectivity index (χ0v) is 10.6. The molecular weight excluding hydrogens is 270 g/mol. The van der Waals surface area contributed by atoms with E-state index in [1.165, 1.54) is 11.0 Å². The summed E-state index contributed by atoms with van der Waals surface area (Å²) in [6, 6.07) is 2.77. The zero-order chi connectivity index (χ0) is 14.7. The second-order valence-electron chi connectivity index (χ2n) is 4.76. The van der Waals surface area contributed by atoms with Crippen molar-refractivity contribution in [3.05, 3.63) is 35.4 Å². The van der Waals surface area contributed by atoms with Crippen LogP contribution in [0.3, 0.4) is 0 Å². The Morgan fingerprint density at radius 2 is 2.05 bits per heavy atom. The second kappa shape index (κ2) is 5.85. The molecule has 1 fully saturated rings. The number of carbonyl (C=O) groups is 2. The standard InChI is InChI=1S/C13H14F2N2O3/c14-10-2-1-9(11(15)4-10)5-16-13(20)17-6-8(7-17)3-12(18)19/h1-2,4,8H,3,5-7H2,(H,16,20)(H,18,19). The van der Waals surface area contributed by atoms with Gasteiger partial charge < -0.3 is 15.3 Å². The molecule has 1 aromatic rings. The highest BCUT2D eigenvalue weighted by Crippen LogP contribution is 2.19. The molecule has 1 aromatic carbocycles. The molecule has 7 heteroatoms. The summed E-state index contributed by atoms with van der Waals surface area (Å²) in [4.78, 5) is 23.6. The lowest BCUT2D eigenvalue weighted by Crippen LogP contribution is -2.54. The minimum absolute atomic E-state index is 0.0270. The molecule has 0 saturated carbocycles. The number of amides is 2. The zero-order valence-electron chi connectivity index (χ0n) is 10.6. The van der Waals surface area contributed by atoms with E-state index in [0.29, 0.717) is 13.1 Å². The van der Waals surface area contributed by atoms with Crippen molar-refractivity contribution in [2.24, 2.45) is 5.92 Å². The maximum Gasteiger partial charge on any atom is 0.317 e. The molecule has 1 aliphatic rings. The molecule has 0 unspecified atom stereocenters. The summed E-state index contributed by atoms with van der Waals surface area (Å²) in [6.07, 6.45) is 0.0381. The van der Waals surface area contributed by atoms with Crippen molar-refractivity contribution < 1.29 is 23.5 Å². The van der Waals surface area contributed by atoms with Crippen molar-refractivity contribution in [3.63, 3.8) is 0 Å². The molecule has 0 atom stereocenters. The Morgan fingerprint density at radius 1 is 1.35 bits per heavy atom. The van der Waals surface area contributed by atoms with Gasteiger partial charge in [-0.3, -0.25) is 4.79 Å². The van der Waals surface area contributed by atoms with E-state index in [9.17, 15) is 18.4 Å². The first-order chi connectivity index (χ1) is 9.45. The number of urea groups is 1. The molecule has 0 spiro atoms. The van der Waals surface area contributed by atoms with Gasteiger partial charge in [-0.15, -0.1) is 0 Å². The van der Waals surface area contributed by atoms with Gasteiger partial charge >= 0.3 is 12.0 Å². The Labute approximate surface area is 114 Å². The summed E-state index contributed by atoms with van der Waals surface area (Å²) in [6.45, 7) is 0.721. The smallest absolute Gasteiger partial charge is 0.317 e. The van der Waals surface area contributed by atoms with E-state index in [4.69, 9.17) is 5.11 Å². The Hall–Kier alpha value is -2.18. The van der Waals surface area contributed by atoms with Crippen LogP contribution < -0.4 is 5.32 Å². The van der Waals surface area contributed by atoms with Crippen LogP contribution in [0.5, 0.6) is 0 Å². The van der Waals surface area contributed by atoms with Crippen molar-refractivity contribution >= 4 is 12.0 Å². The predicted molar refractivity (Wildman–Crippen MR) is 65.9 cm³/mol. The van der Waals surface area contributed by atoms with E-state index < -0.39 is 17.6 Å². The molecular formula is C13H14F2N2O3. The molecule has 2 N–H and O–H groups in total. The molecule has 20 heavy (non-hydrogen) atoms. The van der Waals surface area contributed by atoms with Crippen LogP contribution in [0.1, 0.15) is 12.0 Å². The van der Waals surface area contributed by atoms with Crippen LogP contribution in [0.25, 0.3) is 0 Å². The van der Waals surface area contributed by atoms with Gasteiger partial charge in [0.25, 0.3) is 0 Å². The number of carbonyl (C=O) groups excluding carboxylic acids is 1. The van der Waals surface area contributed by atoms with Gasteiger partial charge in [-0.25, -0.2) is 13.6 Å². The van der Waals surface area contributed by atoms with Crippen LogP contribution in [0.15, 0.2) is 18.2 Å². The molecule has 0 bridgehead atoms. The number of aliphatic carboxylic acids is 1. The van der Waals surface area contributed by atoms with Gasteiger partial charge in [-0.2, -0.15) is 0 Å². The van der Waals surface area contributed by atoms with E-state index in [1.54, 1.807) is 0 Å². The maximum atomic E-state index is 13.3. The highest BCUT2D eigenvalue weighted by atomic mass is 19.1. The Kier molecular flexibility index (Phi) is 4.16. The number of likely N-dealkylation sites (tertiary alicyclic amines) is 1. The summed E-state index contributed by atoms with van der Waals surface area (Å²) in [5.74, 6) is -2.29. The molecule has 0 radical (unpaired) electrons. The van der Waals surface area contributed by atoms with Crippen LogP contribution >= 0.6 is 0 Å². The van der Waals surface area contributed by atoms with Gasteiger partial charge in [0.2, 0.25) is 0 Å². The lowest BCUT2D eigenvalue weighted by molar-refractivity contribution is -0.139. The molecule has 2 amide bonds. The molecule has 1 aliphatic heterocycles. The normalized spacial score (nSPS) is 14.8. The summed E-state index contributed by atoms with van der Waals surface area (Å²) < 4.78 is 26.0. The third-order valence-electron chi connectivity index (χ3n) is 3.15. The van der Waals surface area contributed by atoms with Crippen LogP contribution in [0.2, 0.25) is 0 Å². The van der Waals surface area contributed by atoms with Crippen LogP contribution in [-0.2, 0) is 11.3 Å². The fourth-order valence-electron chi connectivity index (χ4n) is 2.06. The number of hydrogen-bond acceptors (Lipinski definition) is 2. The van der Waals surface area contributed by atoms with E-state index in [0.717, 1.165) is 12.1 Å². The van der Waals surface area contributed by atoms with Crippen molar-refractivity contribution in [3.8, 4) is 0 Å². The molecule has 2 rings (SSSR count). The van der Waals surface area contributed by atoms with Crippen molar-refractivity contribution in [1.29, 1.82) is 0 Å². The van der Waals surface area contributed by atoms with Gasteiger partial charge in [-0.1, -0.05) is 6.07 Å². The highest BCUT2D eigenvalue weighted by molar-refractivity contribution is 5.75. The Bertz CT molecular complexity index is 530. The largest absolute Gasteiger partial charge is 0.481 e. The van der Waals surface area contributed by atoms with Crippen molar-refractivity contribution in [2.45, 2.75) is 13.0 Å². The minimum Gasteiger partial charge on any atom is -0.481 e. The summed E-state index contributed by atoms with van der Waals surface area (Å²) in [5, 5.41) is 11.1. The first kappa shape index (κ1) is 14.2. The van der Waals surface area contributed by atoms with Crippen molar-refractivity contribution in [1.82, 2.24) is 10.2 Å². The monoisotopic (exact) mass is 284 g/mol. The number of carboxylic acid groups (broad SMARTS) is 1. The molecule has 1 saturated heterocycles. The van der Waals surface area contributed by atoms with Gasteiger partial charge in [0.15, 0.2) is 0 Å². The van der Waals surface area contributed by atoms with Gasteiger partial charge in [0.1, 0.15) is 11.6 Å². The van der Waals surface area contributed by atoms with Crippen molar-refractivity contribution in [2.75, 3.05) is 13.1 Å². The lowest BCUT2D eigenvalue weighted by Gasteiger charge is -2.38. The number of benzene rings is 1. The quantitative estimate of drug-likeness (QED) is 0.882. The lowest BCUT2D eigenvalue weighted by atomic mass is 9.97. The van der Waals surface area contributed by atoms with Crippen LogP contribution in [-0.4, -0.2) is 35.1 Å². The predicted octanol–water partition coefficient (Wildman–Crippen LogP) is 1.58. The summed E-state index contributed by atoms with van der Waals surface area (Å²) >= 11 is 0. The van der Waals surface area contributed by atoms with E-state index in [1.807, 2.05) is 0 Å². The average Bonchev–Trinajstić information content (AvgIpc) is 2.31. The minimum atomic E-state index is -0.886. The summed E-state index contributed by atoms with van der Waals surface area (Å²) in [5.41, 5.74) is 0.197. The molecule has 5 nitrogen and oxygen atoms in total. The third-order valence-corrected chi connectivity index (χ3v) is 3.15. The number of hydrogen-bond donors (Lipinski definition) is 2. The van der Waals surface area contributed by atoms with Crippen LogP contribution in [0, 0.1) is 17.6 Å². The molecule has 0 aliphatic carbocycles. The number of nitrogens with zero attached hydrogens (tertiary/aromatic N) is 1. The number of rotatable bonds is 4. The maximum absolute atomic E-state index is 13.3. The van der Waals surface area contributed by atoms with Gasteiger partial charge in [0, 0.05) is 37.2 Å². The highest BCUT2D eigenvalue weighted by Gasteiger charge is 2.31. The third kappa shape index (κ3) is 3.43. The first-order valence-electron chi connectivity index (χ1n) is 6.14. The van der Waals surface area contributed by atoms with E-state index in [-0.39, 0.29) is 30.5 Å². The SMILES string of the molecule is O=C(O)CC1CN(C(=O)NCc2ccc(F)cc2F)C1. The Morgan fingerprint density at radius 3 is 2.65 bits per heavy atom. The topological polar surface area (TPSA) is 69.6 Å². The van der Waals surface area contributed by atoms with E-state index >= 15 is 0 Å². The van der Waals surface area contributed by atoms with Crippen LogP contribution in [0.4, 0.5) is 13.6 Å². The van der Waals surface area contributed by atoms with Gasteiger partial charge in [0.05, 0.1) is 6.42 Å². The molecule has 0 aromatic heterocycles. The number of nitrogens with one attached hydrogen (secondary N) is 1. The first-order valence-corrected chi connectivity index (χ1v) is 6.14. The number of halogens is 2. The Balaban J connectivity index is 1.78. The fourth-order valence-corrected chi connectivity index (χ4v) is 2.06. The summed E-state index contributed by atoms with van der Waals surface area (Å²) in [7, 11) is 0. The number of carboxylic acids is 1. The molecule has 1 heterocycles. The fraction of sp³-hybridized carbons (Fsp3) is 0.385. The second-order valence-corrected chi connectivity index (χ2v) is 4.76. The average molecular weight is 284 g/mol. The van der Waals surface area contributed by atoms with Gasteiger partial charge in [-0.05, 0) is 6.07 Å².